The van der Waals surface area contributed by atoms with Crippen LogP contribution in [-0.2, 0) is 5.41 Å². The van der Waals surface area contributed by atoms with E-state index in [1.165, 1.54) is 0 Å². The number of phenolic OH excluding ortho intramolecular Hbond substituents is 2. The lowest BCUT2D eigenvalue weighted by molar-refractivity contribution is 0.405. The Morgan fingerprint density at radius 3 is 1.95 bits per heavy atom. The lowest BCUT2D eigenvalue weighted by Crippen LogP contribution is -2.12. The van der Waals surface area contributed by atoms with Crippen molar-refractivity contribution in [3.63, 3.8) is 0 Å². The Bertz CT molecular complexity index is 684. The van der Waals surface area contributed by atoms with E-state index >= 15 is 0 Å². The molecule has 0 saturated carbocycles. The smallest absolute Gasteiger partial charge is 0.127 e. The Balaban J connectivity index is 2.75. The van der Waals surface area contributed by atoms with E-state index in [1.807, 2.05) is 26.8 Å². The first-order chi connectivity index (χ1) is 10.3. The summed E-state index contributed by atoms with van der Waals surface area (Å²) in [5.74, 6) is 1.44. The van der Waals surface area contributed by atoms with Gasteiger partial charge in [-0.2, -0.15) is 0 Å². The van der Waals surface area contributed by atoms with Crippen LogP contribution < -0.4 is 9.47 Å². The fourth-order valence-corrected chi connectivity index (χ4v) is 2.36. The minimum Gasteiger partial charge on any atom is -0.507 e. The summed E-state index contributed by atoms with van der Waals surface area (Å²) >= 11 is 0. The summed E-state index contributed by atoms with van der Waals surface area (Å²) in [6, 6.07) is 8.43. The van der Waals surface area contributed by atoms with Gasteiger partial charge < -0.3 is 19.7 Å². The van der Waals surface area contributed by atoms with Crippen LogP contribution in [0.4, 0.5) is 0 Å². The van der Waals surface area contributed by atoms with Crippen molar-refractivity contribution in [2.24, 2.45) is 0 Å². The standard InChI is InChI=1S/C18H22O4/c1-18(2,3)15-10-12(22-5)9-14(17(15)20)13-8-11(21-4)6-7-16(13)19/h6-10,19-20H,1-5H3. The van der Waals surface area contributed by atoms with Crippen LogP contribution in [-0.4, -0.2) is 24.4 Å². The van der Waals surface area contributed by atoms with Gasteiger partial charge in [0, 0.05) is 16.7 Å². The third kappa shape index (κ3) is 2.96. The van der Waals surface area contributed by atoms with Gasteiger partial charge in [-0.15, -0.1) is 0 Å². The molecule has 0 aliphatic carbocycles. The summed E-state index contributed by atoms with van der Waals surface area (Å²) in [7, 11) is 3.14. The summed E-state index contributed by atoms with van der Waals surface area (Å²) in [6.45, 7) is 6.03. The van der Waals surface area contributed by atoms with Crippen molar-refractivity contribution in [1.29, 1.82) is 0 Å². The van der Waals surface area contributed by atoms with Gasteiger partial charge in [-0.3, -0.25) is 0 Å². The van der Waals surface area contributed by atoms with Crippen molar-refractivity contribution in [3.8, 4) is 34.1 Å². The van der Waals surface area contributed by atoms with Gasteiger partial charge in [0.1, 0.15) is 23.0 Å². The molecule has 0 amide bonds. The number of rotatable bonds is 3. The molecule has 0 fully saturated rings. The maximum Gasteiger partial charge on any atom is 0.127 e. The summed E-state index contributed by atoms with van der Waals surface area (Å²) in [4.78, 5) is 0. The van der Waals surface area contributed by atoms with E-state index < -0.39 is 0 Å². The van der Waals surface area contributed by atoms with Crippen LogP contribution in [0.15, 0.2) is 30.3 Å². The normalized spacial score (nSPS) is 11.3. The largest absolute Gasteiger partial charge is 0.507 e. The van der Waals surface area contributed by atoms with Crippen LogP contribution in [0.3, 0.4) is 0 Å². The molecule has 2 aromatic rings. The maximum absolute atomic E-state index is 10.7. The highest BCUT2D eigenvalue weighted by Crippen LogP contribution is 2.44. The van der Waals surface area contributed by atoms with Crippen LogP contribution in [0.5, 0.6) is 23.0 Å². The molecule has 0 unspecified atom stereocenters. The molecular weight excluding hydrogens is 280 g/mol. The summed E-state index contributed by atoms with van der Waals surface area (Å²) in [6.07, 6.45) is 0. The zero-order chi connectivity index (χ0) is 16.5. The summed E-state index contributed by atoms with van der Waals surface area (Å²) in [5, 5.41) is 20.8. The fourth-order valence-electron chi connectivity index (χ4n) is 2.36. The molecule has 0 aliphatic rings. The highest BCUT2D eigenvalue weighted by atomic mass is 16.5. The van der Waals surface area contributed by atoms with E-state index in [2.05, 4.69) is 0 Å². The van der Waals surface area contributed by atoms with Crippen LogP contribution >= 0.6 is 0 Å². The number of ether oxygens (including phenoxy) is 2. The van der Waals surface area contributed by atoms with Crippen LogP contribution in [0.25, 0.3) is 11.1 Å². The number of phenols is 2. The Hall–Kier alpha value is -2.36. The van der Waals surface area contributed by atoms with Crippen molar-refractivity contribution in [1.82, 2.24) is 0 Å². The highest BCUT2D eigenvalue weighted by molar-refractivity contribution is 5.79. The van der Waals surface area contributed by atoms with Crippen LogP contribution in [0.1, 0.15) is 26.3 Å². The third-order valence-corrected chi connectivity index (χ3v) is 3.62. The highest BCUT2D eigenvalue weighted by Gasteiger charge is 2.23. The molecule has 0 saturated heterocycles. The Morgan fingerprint density at radius 2 is 1.41 bits per heavy atom. The molecular formula is C18H22O4. The third-order valence-electron chi connectivity index (χ3n) is 3.62. The Kier molecular flexibility index (Phi) is 4.22. The molecule has 0 atom stereocenters. The van der Waals surface area contributed by atoms with Crippen LogP contribution in [0.2, 0.25) is 0 Å². The predicted molar refractivity (Wildman–Crippen MR) is 87.0 cm³/mol. The van der Waals surface area contributed by atoms with Crippen molar-refractivity contribution in [2.45, 2.75) is 26.2 Å². The lowest BCUT2D eigenvalue weighted by atomic mass is 9.84. The Labute approximate surface area is 130 Å². The summed E-state index contributed by atoms with van der Waals surface area (Å²) in [5.41, 5.74) is 1.51. The average molecular weight is 302 g/mol. The number of benzene rings is 2. The van der Waals surface area contributed by atoms with Crippen molar-refractivity contribution < 1.29 is 19.7 Å². The van der Waals surface area contributed by atoms with Crippen molar-refractivity contribution in [2.75, 3.05) is 14.2 Å². The lowest BCUT2D eigenvalue weighted by Gasteiger charge is -2.23. The van der Waals surface area contributed by atoms with Crippen molar-refractivity contribution >= 4 is 0 Å². The van der Waals surface area contributed by atoms with Gasteiger partial charge in [-0.1, -0.05) is 20.8 Å². The number of aromatic hydroxyl groups is 2. The molecule has 0 aromatic heterocycles. The first-order valence-electron chi connectivity index (χ1n) is 7.06. The molecule has 0 bridgehead atoms. The van der Waals surface area contributed by atoms with Gasteiger partial charge in [0.15, 0.2) is 0 Å². The molecule has 4 nitrogen and oxygen atoms in total. The fraction of sp³-hybridized carbons (Fsp3) is 0.333. The van der Waals surface area contributed by atoms with E-state index in [4.69, 9.17) is 9.47 Å². The molecule has 118 valence electrons. The molecule has 2 N–H and O–H groups in total. The van der Waals surface area contributed by atoms with Gasteiger partial charge in [0.2, 0.25) is 0 Å². The molecule has 0 radical (unpaired) electrons. The zero-order valence-electron chi connectivity index (χ0n) is 13.6. The van der Waals surface area contributed by atoms with E-state index in [-0.39, 0.29) is 16.9 Å². The van der Waals surface area contributed by atoms with Gasteiger partial charge in [-0.25, -0.2) is 0 Å². The van der Waals surface area contributed by atoms with Gasteiger partial charge in [0.05, 0.1) is 14.2 Å². The van der Waals surface area contributed by atoms with Gasteiger partial charge in [-0.05, 0) is 35.7 Å². The summed E-state index contributed by atoms with van der Waals surface area (Å²) < 4.78 is 10.5. The first-order valence-corrected chi connectivity index (χ1v) is 7.06. The molecule has 0 heterocycles. The Morgan fingerprint density at radius 1 is 0.818 bits per heavy atom. The second-order valence-corrected chi connectivity index (χ2v) is 6.20. The molecule has 0 spiro atoms. The molecule has 22 heavy (non-hydrogen) atoms. The zero-order valence-corrected chi connectivity index (χ0v) is 13.6. The topological polar surface area (TPSA) is 58.9 Å². The van der Waals surface area contributed by atoms with E-state index in [1.54, 1.807) is 38.5 Å². The first kappa shape index (κ1) is 16.0. The van der Waals surface area contributed by atoms with Gasteiger partial charge in [0.25, 0.3) is 0 Å². The van der Waals surface area contributed by atoms with Crippen LogP contribution in [0, 0.1) is 0 Å². The minimum atomic E-state index is -0.262. The number of methoxy groups -OCH3 is 2. The molecule has 4 heteroatoms. The predicted octanol–water partition coefficient (Wildman–Crippen LogP) is 4.08. The average Bonchev–Trinajstić information content (AvgIpc) is 2.47. The SMILES string of the molecule is COc1ccc(O)c(-c2cc(OC)cc(C(C)(C)C)c2O)c1. The molecule has 2 aromatic carbocycles. The van der Waals surface area contributed by atoms with Crippen molar-refractivity contribution in [3.05, 3.63) is 35.9 Å². The second-order valence-electron chi connectivity index (χ2n) is 6.20. The van der Waals surface area contributed by atoms with E-state index in [0.717, 1.165) is 5.56 Å². The quantitative estimate of drug-likeness (QED) is 0.897. The molecule has 2 rings (SSSR count). The van der Waals surface area contributed by atoms with Gasteiger partial charge >= 0.3 is 0 Å². The second kappa shape index (κ2) is 5.79. The molecule has 0 aliphatic heterocycles. The maximum atomic E-state index is 10.7. The monoisotopic (exact) mass is 302 g/mol. The minimum absolute atomic E-state index is 0.0733. The van der Waals surface area contributed by atoms with E-state index in [0.29, 0.717) is 22.6 Å². The number of hydrogen-bond acceptors (Lipinski definition) is 4. The van der Waals surface area contributed by atoms with E-state index in [9.17, 15) is 10.2 Å². The number of hydrogen-bond donors (Lipinski definition) is 2.